The fraction of sp³-hybridized carbons (Fsp3) is 0.760. The summed E-state index contributed by atoms with van der Waals surface area (Å²) in [6.07, 6.45) is 9.61. The van der Waals surface area contributed by atoms with Crippen molar-refractivity contribution in [1.29, 1.82) is 0 Å². The maximum Gasteiger partial charge on any atom is 0.307 e. The van der Waals surface area contributed by atoms with Crippen molar-refractivity contribution in [1.82, 2.24) is 9.88 Å². The molecule has 2 heterocycles. The van der Waals surface area contributed by atoms with E-state index in [1.807, 2.05) is 25.3 Å². The Hall–Kier alpha value is -1.82. The second-order valence-electron chi connectivity index (χ2n) is 10.2. The number of nitrogens with zero attached hydrogens (tertiary/aromatic N) is 2. The fourth-order valence-electron chi connectivity index (χ4n) is 4.84. The van der Waals surface area contributed by atoms with Gasteiger partial charge in [-0.25, -0.2) is 4.98 Å². The molecule has 1 saturated heterocycles. The molecule has 31 heavy (non-hydrogen) atoms. The van der Waals surface area contributed by atoms with E-state index in [9.17, 15) is 4.79 Å². The number of carbonyl (C=O) groups is 1. The number of rotatable bonds is 8. The van der Waals surface area contributed by atoms with Crippen molar-refractivity contribution < 1.29 is 14.3 Å². The standard InChI is InChI=1S/C25H41N3O3/c1-5-30-24(29)14-16-28-15-6-7-20(18-28)27-23-13-12-22(17-26-23)31-21-10-8-19(9-11-21)25(2,3)4/h12-13,17,19-21H,5-11,14-16,18H2,1-4H3,(H,26,27)/t19-,20?,21-. The normalized spacial score (nSPS) is 25.1. The summed E-state index contributed by atoms with van der Waals surface area (Å²) in [5, 5.41) is 3.55. The lowest BCUT2D eigenvalue weighted by atomic mass is 9.72. The summed E-state index contributed by atoms with van der Waals surface area (Å²) in [5.41, 5.74) is 0.396. The molecule has 0 bridgehead atoms. The Labute approximate surface area is 188 Å². The van der Waals surface area contributed by atoms with Gasteiger partial charge in [-0.05, 0) is 75.5 Å². The first kappa shape index (κ1) is 23.8. The van der Waals surface area contributed by atoms with E-state index >= 15 is 0 Å². The van der Waals surface area contributed by atoms with E-state index in [0.29, 0.717) is 30.6 Å². The number of anilines is 1. The van der Waals surface area contributed by atoms with Gasteiger partial charge in [-0.3, -0.25) is 4.79 Å². The van der Waals surface area contributed by atoms with Crippen LogP contribution in [-0.2, 0) is 9.53 Å². The van der Waals surface area contributed by atoms with Crippen molar-refractivity contribution in [3.05, 3.63) is 18.3 Å². The average Bonchev–Trinajstić information content (AvgIpc) is 2.74. The third kappa shape index (κ3) is 7.67. The van der Waals surface area contributed by atoms with E-state index in [0.717, 1.165) is 62.8 Å². The highest BCUT2D eigenvalue weighted by molar-refractivity contribution is 5.69. The van der Waals surface area contributed by atoms with E-state index in [1.165, 1.54) is 12.8 Å². The zero-order chi connectivity index (χ0) is 22.3. The largest absolute Gasteiger partial charge is 0.489 e. The Morgan fingerprint density at radius 3 is 2.61 bits per heavy atom. The Kier molecular flexibility index (Phi) is 8.58. The van der Waals surface area contributed by atoms with Crippen LogP contribution in [0, 0.1) is 11.3 Å². The number of nitrogens with one attached hydrogen (secondary N) is 1. The van der Waals surface area contributed by atoms with Crippen molar-refractivity contribution in [2.24, 2.45) is 11.3 Å². The highest BCUT2D eigenvalue weighted by atomic mass is 16.5. The molecule has 0 spiro atoms. The smallest absolute Gasteiger partial charge is 0.307 e. The van der Waals surface area contributed by atoms with E-state index in [4.69, 9.17) is 9.47 Å². The summed E-state index contributed by atoms with van der Waals surface area (Å²) in [6, 6.07) is 4.41. The van der Waals surface area contributed by atoms with Crippen LogP contribution in [0.2, 0.25) is 0 Å². The van der Waals surface area contributed by atoms with Crippen LogP contribution in [-0.4, -0.2) is 54.2 Å². The molecular formula is C25H41N3O3. The molecule has 1 aromatic heterocycles. The molecule has 2 fully saturated rings. The lowest BCUT2D eigenvalue weighted by Crippen LogP contribution is -2.43. The molecule has 1 atom stereocenters. The number of carbonyl (C=O) groups excluding carboxylic acids is 1. The maximum atomic E-state index is 11.6. The van der Waals surface area contributed by atoms with Crippen LogP contribution in [0.5, 0.6) is 5.75 Å². The van der Waals surface area contributed by atoms with Crippen LogP contribution >= 0.6 is 0 Å². The van der Waals surface area contributed by atoms with Gasteiger partial charge in [-0.2, -0.15) is 0 Å². The molecular weight excluding hydrogens is 390 g/mol. The molecule has 2 aliphatic rings. The van der Waals surface area contributed by atoms with Crippen LogP contribution in [0.3, 0.4) is 0 Å². The van der Waals surface area contributed by atoms with Gasteiger partial charge < -0.3 is 19.7 Å². The van der Waals surface area contributed by atoms with E-state index in [-0.39, 0.29) is 5.97 Å². The number of likely N-dealkylation sites (tertiary alicyclic amines) is 1. The van der Waals surface area contributed by atoms with Gasteiger partial charge in [0, 0.05) is 19.1 Å². The Morgan fingerprint density at radius 2 is 1.97 bits per heavy atom. The highest BCUT2D eigenvalue weighted by Gasteiger charge is 2.30. The SMILES string of the molecule is CCOC(=O)CCN1CCCC(Nc2ccc(O[C@H]3CC[C@H](C(C)(C)C)CC3)cn2)C1. The maximum absolute atomic E-state index is 11.6. The first-order valence-corrected chi connectivity index (χ1v) is 12.1. The number of ether oxygens (including phenoxy) is 2. The van der Waals surface area contributed by atoms with Gasteiger partial charge >= 0.3 is 5.97 Å². The number of pyridine rings is 1. The third-order valence-corrected chi connectivity index (χ3v) is 6.73. The van der Waals surface area contributed by atoms with Gasteiger partial charge in [-0.15, -0.1) is 0 Å². The first-order valence-electron chi connectivity index (χ1n) is 12.1. The number of hydrogen-bond donors (Lipinski definition) is 1. The van der Waals surface area contributed by atoms with E-state index in [1.54, 1.807) is 0 Å². The highest BCUT2D eigenvalue weighted by Crippen LogP contribution is 2.38. The van der Waals surface area contributed by atoms with Crippen molar-refractivity contribution in [3.8, 4) is 5.75 Å². The van der Waals surface area contributed by atoms with Gasteiger partial charge in [0.15, 0.2) is 0 Å². The molecule has 6 heteroatoms. The second-order valence-corrected chi connectivity index (χ2v) is 10.2. The zero-order valence-electron chi connectivity index (χ0n) is 19.9. The van der Waals surface area contributed by atoms with Crippen LogP contribution in [0.4, 0.5) is 5.82 Å². The van der Waals surface area contributed by atoms with Crippen LogP contribution in [0.15, 0.2) is 18.3 Å². The number of aromatic nitrogens is 1. The Bertz CT molecular complexity index is 678. The fourth-order valence-corrected chi connectivity index (χ4v) is 4.84. The summed E-state index contributed by atoms with van der Waals surface area (Å²) < 4.78 is 11.2. The summed E-state index contributed by atoms with van der Waals surface area (Å²) in [6.45, 7) is 12.1. The summed E-state index contributed by atoms with van der Waals surface area (Å²) in [4.78, 5) is 18.5. The topological polar surface area (TPSA) is 63.7 Å². The minimum Gasteiger partial charge on any atom is -0.489 e. The summed E-state index contributed by atoms with van der Waals surface area (Å²) in [5.74, 6) is 2.44. The quantitative estimate of drug-likeness (QED) is 0.591. The van der Waals surface area contributed by atoms with E-state index < -0.39 is 0 Å². The minimum atomic E-state index is -0.110. The van der Waals surface area contributed by atoms with Gasteiger partial charge in [0.25, 0.3) is 0 Å². The predicted molar refractivity (Wildman–Crippen MR) is 124 cm³/mol. The van der Waals surface area contributed by atoms with Crippen molar-refractivity contribution in [2.45, 2.75) is 84.8 Å². The summed E-state index contributed by atoms with van der Waals surface area (Å²) in [7, 11) is 0. The van der Waals surface area contributed by atoms with Gasteiger partial charge in [0.2, 0.25) is 0 Å². The molecule has 1 saturated carbocycles. The molecule has 0 amide bonds. The monoisotopic (exact) mass is 431 g/mol. The molecule has 0 radical (unpaired) electrons. The van der Waals surface area contributed by atoms with Crippen molar-refractivity contribution >= 4 is 11.8 Å². The van der Waals surface area contributed by atoms with Gasteiger partial charge in [0.05, 0.1) is 25.3 Å². The van der Waals surface area contributed by atoms with Crippen LogP contribution in [0.25, 0.3) is 0 Å². The van der Waals surface area contributed by atoms with E-state index in [2.05, 4.69) is 36.0 Å². The molecule has 1 aliphatic heterocycles. The predicted octanol–water partition coefficient (Wildman–Crippen LogP) is 4.89. The molecule has 0 aromatic carbocycles. The molecule has 6 nitrogen and oxygen atoms in total. The molecule has 3 rings (SSSR count). The third-order valence-electron chi connectivity index (χ3n) is 6.73. The first-order chi connectivity index (χ1) is 14.8. The lowest BCUT2D eigenvalue weighted by molar-refractivity contribution is -0.143. The Balaban J connectivity index is 1.41. The zero-order valence-corrected chi connectivity index (χ0v) is 19.9. The average molecular weight is 432 g/mol. The second kappa shape index (κ2) is 11.2. The van der Waals surface area contributed by atoms with Crippen LogP contribution < -0.4 is 10.1 Å². The molecule has 1 aliphatic carbocycles. The van der Waals surface area contributed by atoms with Crippen LogP contribution in [0.1, 0.15) is 72.6 Å². The van der Waals surface area contributed by atoms with Crippen molar-refractivity contribution in [3.63, 3.8) is 0 Å². The molecule has 1 N–H and O–H groups in total. The van der Waals surface area contributed by atoms with Crippen molar-refractivity contribution in [2.75, 3.05) is 31.6 Å². The summed E-state index contributed by atoms with van der Waals surface area (Å²) >= 11 is 0. The minimum absolute atomic E-state index is 0.110. The number of piperidine rings is 1. The van der Waals surface area contributed by atoms with Gasteiger partial charge in [-0.1, -0.05) is 20.8 Å². The Morgan fingerprint density at radius 1 is 1.19 bits per heavy atom. The molecule has 174 valence electrons. The molecule has 1 aromatic rings. The lowest BCUT2D eigenvalue weighted by Gasteiger charge is -2.36. The van der Waals surface area contributed by atoms with Gasteiger partial charge in [0.1, 0.15) is 11.6 Å². The number of hydrogen-bond acceptors (Lipinski definition) is 6. The molecule has 1 unspecified atom stereocenters. The number of esters is 1.